The topological polar surface area (TPSA) is 117 Å². The number of hydrogen-bond acceptors (Lipinski definition) is 7. The summed E-state index contributed by atoms with van der Waals surface area (Å²) in [7, 11) is 1.64. The summed E-state index contributed by atoms with van der Waals surface area (Å²) in [6, 6.07) is 8.57. The fraction of sp³-hybridized carbons (Fsp3) is 0.350. The molecule has 2 heterocycles. The van der Waals surface area contributed by atoms with Crippen LogP contribution >= 0.6 is 0 Å². The molecule has 4 N–H and O–H groups in total. The van der Waals surface area contributed by atoms with Crippen molar-refractivity contribution in [2.24, 2.45) is 5.73 Å². The third kappa shape index (κ3) is 5.35. The molecule has 1 aliphatic rings. The summed E-state index contributed by atoms with van der Waals surface area (Å²) >= 11 is 0. The van der Waals surface area contributed by atoms with Gasteiger partial charge in [-0.2, -0.15) is 0 Å². The zero-order chi connectivity index (χ0) is 21.5. The van der Waals surface area contributed by atoms with Gasteiger partial charge in [0.1, 0.15) is 0 Å². The average Bonchev–Trinajstić information content (AvgIpc) is 2.73. The maximum absolute atomic E-state index is 15.0. The van der Waals surface area contributed by atoms with Crippen molar-refractivity contribution in [2.45, 2.75) is 13.2 Å². The number of methoxy groups -OCH3 is 1. The van der Waals surface area contributed by atoms with Crippen LogP contribution in [0.4, 0.5) is 20.6 Å². The molecule has 0 atom stereocenters. The molecule has 0 unspecified atom stereocenters. The van der Waals surface area contributed by atoms with Gasteiger partial charge in [-0.05, 0) is 18.2 Å². The van der Waals surface area contributed by atoms with Crippen molar-refractivity contribution >= 4 is 23.5 Å². The van der Waals surface area contributed by atoms with E-state index in [9.17, 15) is 4.79 Å². The van der Waals surface area contributed by atoms with Crippen molar-refractivity contribution in [1.82, 2.24) is 10.3 Å². The second-order valence-corrected chi connectivity index (χ2v) is 6.77. The van der Waals surface area contributed by atoms with Gasteiger partial charge in [-0.25, -0.2) is 9.18 Å². The van der Waals surface area contributed by atoms with E-state index in [4.69, 9.17) is 15.9 Å². The lowest BCUT2D eigenvalue weighted by atomic mass is 10.1. The number of anilines is 2. The van der Waals surface area contributed by atoms with Crippen LogP contribution in [0.25, 0.3) is 0 Å². The maximum atomic E-state index is 15.0. The number of nitrogens with one attached hydrogen (secondary N) is 2. The minimum absolute atomic E-state index is 0.00500. The van der Waals surface area contributed by atoms with Crippen LogP contribution in [0.2, 0.25) is 0 Å². The van der Waals surface area contributed by atoms with Crippen molar-refractivity contribution in [2.75, 3.05) is 43.1 Å². The Hall–Kier alpha value is -3.40. The Morgan fingerprint density at radius 1 is 1.27 bits per heavy atom. The van der Waals surface area contributed by atoms with E-state index in [1.54, 1.807) is 31.5 Å². The molecule has 1 saturated heterocycles. The molecular weight excluding hydrogens is 391 g/mol. The zero-order valence-electron chi connectivity index (χ0n) is 16.7. The monoisotopic (exact) mass is 416 g/mol. The van der Waals surface area contributed by atoms with Gasteiger partial charge in [0, 0.05) is 57.3 Å². The molecule has 10 heteroatoms. The molecule has 1 amide bonds. The number of carbonyl (C=O) groups is 1. The van der Waals surface area contributed by atoms with Gasteiger partial charge in [0.05, 0.1) is 18.0 Å². The quantitative estimate of drug-likeness (QED) is 0.486. The molecule has 30 heavy (non-hydrogen) atoms. The van der Waals surface area contributed by atoms with E-state index in [1.807, 2.05) is 17.0 Å². The zero-order valence-corrected chi connectivity index (χ0v) is 16.7. The number of carbonyl (C=O) groups excluding carboxylic acids is 1. The Balaban J connectivity index is 1.62. The van der Waals surface area contributed by atoms with Crippen LogP contribution in [0, 0.1) is 11.2 Å². The molecular formula is C20H25FN6O3. The fourth-order valence-electron chi connectivity index (χ4n) is 3.35. The number of halogens is 1. The van der Waals surface area contributed by atoms with Crippen LogP contribution in [0.3, 0.4) is 0 Å². The summed E-state index contributed by atoms with van der Waals surface area (Å²) in [6.07, 6.45) is 0.675. The number of amidine groups is 1. The third-order valence-corrected chi connectivity index (χ3v) is 4.78. The van der Waals surface area contributed by atoms with Crippen LogP contribution in [0.1, 0.15) is 11.3 Å². The summed E-state index contributed by atoms with van der Waals surface area (Å²) in [5, 5.41) is 9.97. The van der Waals surface area contributed by atoms with Gasteiger partial charge in [0.25, 0.3) is 6.02 Å². The average molecular weight is 416 g/mol. The minimum atomic E-state index is -1.09. The van der Waals surface area contributed by atoms with Crippen LogP contribution in [0.15, 0.2) is 36.5 Å². The number of amides is 1. The number of pyridine rings is 1. The van der Waals surface area contributed by atoms with Gasteiger partial charge in [-0.15, -0.1) is 0 Å². The summed E-state index contributed by atoms with van der Waals surface area (Å²) in [4.78, 5) is 19.2. The van der Waals surface area contributed by atoms with Crippen molar-refractivity contribution < 1.29 is 18.7 Å². The first-order valence-electron chi connectivity index (χ1n) is 9.48. The summed E-state index contributed by atoms with van der Waals surface area (Å²) in [6.45, 7) is 3.28. The molecule has 1 aromatic carbocycles. The van der Waals surface area contributed by atoms with Crippen molar-refractivity contribution in [3.05, 3.63) is 53.6 Å². The van der Waals surface area contributed by atoms with E-state index in [1.165, 1.54) is 0 Å². The molecule has 1 aromatic heterocycles. The lowest BCUT2D eigenvalue weighted by molar-refractivity contribution is 0.181. The summed E-state index contributed by atoms with van der Waals surface area (Å²) < 4.78 is 24.5. The van der Waals surface area contributed by atoms with Crippen molar-refractivity contribution in [3.63, 3.8) is 0 Å². The van der Waals surface area contributed by atoms with E-state index < -0.39 is 12.1 Å². The van der Waals surface area contributed by atoms with Gasteiger partial charge in [0.15, 0.2) is 5.82 Å². The number of aromatic nitrogens is 1. The van der Waals surface area contributed by atoms with E-state index in [-0.39, 0.29) is 12.4 Å². The Morgan fingerprint density at radius 2 is 2.00 bits per heavy atom. The molecule has 0 aliphatic carbocycles. The lowest BCUT2D eigenvalue weighted by Gasteiger charge is -2.37. The number of hydrogen-bond donors (Lipinski definition) is 3. The first-order valence-corrected chi connectivity index (χ1v) is 9.48. The van der Waals surface area contributed by atoms with Crippen LogP contribution in [-0.4, -0.2) is 50.4 Å². The largest absolute Gasteiger partial charge is 0.412 e. The number of benzene rings is 1. The molecule has 1 fully saturated rings. The van der Waals surface area contributed by atoms with Gasteiger partial charge < -0.3 is 30.3 Å². The smallest absolute Gasteiger partial charge is 0.378 e. The Kier molecular flexibility index (Phi) is 7.02. The molecule has 160 valence electrons. The standard InChI is InChI=1S/C20H25FN6O3/c1-29-13-15-11-16(5-6-24-15)26-7-9-27(10-8-26)17-4-2-3-14(18(17)21)12-25-19(22)30-20(23)28/h2-6,11H,7-10,12-13H2,1H3,(H2,22,25)(H2,23,28). The predicted octanol–water partition coefficient (Wildman–Crippen LogP) is 1.81. The number of ether oxygens (including phenoxy) is 2. The van der Waals surface area contributed by atoms with Crippen LogP contribution < -0.4 is 20.9 Å². The number of primary amides is 1. The second kappa shape index (κ2) is 9.88. The molecule has 2 aromatic rings. The first kappa shape index (κ1) is 21.3. The van der Waals surface area contributed by atoms with Crippen molar-refractivity contribution in [3.8, 4) is 0 Å². The Morgan fingerprint density at radius 3 is 2.70 bits per heavy atom. The highest BCUT2D eigenvalue weighted by molar-refractivity contribution is 5.83. The SMILES string of the molecule is COCc1cc(N2CCN(c3cccc(CNC(=N)OC(N)=O)c3F)CC2)ccn1. The van der Waals surface area contributed by atoms with Gasteiger partial charge in [-0.1, -0.05) is 12.1 Å². The molecule has 1 aliphatic heterocycles. The molecule has 0 saturated carbocycles. The minimum Gasteiger partial charge on any atom is -0.378 e. The summed E-state index contributed by atoms with van der Waals surface area (Å²) in [5.74, 6) is -0.364. The van der Waals surface area contributed by atoms with Gasteiger partial charge >= 0.3 is 6.09 Å². The molecule has 3 rings (SSSR count). The fourth-order valence-corrected chi connectivity index (χ4v) is 3.35. The van der Waals surface area contributed by atoms with Crippen LogP contribution in [0.5, 0.6) is 0 Å². The number of nitrogens with zero attached hydrogens (tertiary/aromatic N) is 3. The Labute approximate surface area is 174 Å². The van der Waals surface area contributed by atoms with Gasteiger partial charge in [0.2, 0.25) is 0 Å². The molecule has 9 nitrogen and oxygen atoms in total. The van der Waals surface area contributed by atoms with E-state index in [2.05, 4.69) is 19.9 Å². The highest BCUT2D eigenvalue weighted by atomic mass is 19.1. The highest BCUT2D eigenvalue weighted by Gasteiger charge is 2.21. The predicted molar refractivity (Wildman–Crippen MR) is 111 cm³/mol. The number of rotatable bonds is 6. The van der Waals surface area contributed by atoms with Crippen LogP contribution in [-0.2, 0) is 22.6 Å². The number of piperazine rings is 1. The van der Waals surface area contributed by atoms with E-state index in [0.29, 0.717) is 30.9 Å². The normalized spacial score (nSPS) is 13.8. The first-order chi connectivity index (χ1) is 14.5. The van der Waals surface area contributed by atoms with E-state index >= 15 is 4.39 Å². The second-order valence-electron chi connectivity index (χ2n) is 6.77. The number of nitrogens with two attached hydrogens (primary N) is 1. The molecule has 0 radical (unpaired) electrons. The Bertz CT molecular complexity index is 902. The lowest BCUT2D eigenvalue weighted by Crippen LogP contribution is -2.47. The summed E-state index contributed by atoms with van der Waals surface area (Å²) in [5.41, 5.74) is 7.67. The van der Waals surface area contributed by atoms with Crippen molar-refractivity contribution in [1.29, 1.82) is 5.41 Å². The highest BCUT2D eigenvalue weighted by Crippen LogP contribution is 2.25. The molecule has 0 bridgehead atoms. The third-order valence-electron chi connectivity index (χ3n) is 4.78. The van der Waals surface area contributed by atoms with E-state index in [0.717, 1.165) is 24.5 Å². The van der Waals surface area contributed by atoms with Gasteiger partial charge in [-0.3, -0.25) is 10.4 Å². The maximum Gasteiger partial charge on any atom is 0.412 e. The molecule has 0 spiro atoms.